The van der Waals surface area contributed by atoms with E-state index < -0.39 is 33.1 Å². The van der Waals surface area contributed by atoms with Crippen LogP contribution in [0, 0.1) is 0 Å². The van der Waals surface area contributed by atoms with Crippen molar-refractivity contribution in [2.24, 2.45) is 0 Å². The number of methoxy groups -OCH3 is 1. The predicted molar refractivity (Wildman–Crippen MR) is 95.5 cm³/mol. The number of carbonyl (C=O) groups is 1. The van der Waals surface area contributed by atoms with Crippen molar-refractivity contribution in [1.29, 1.82) is 0 Å². The number of pyridine rings is 1. The molecule has 0 aliphatic heterocycles. The third-order valence-electron chi connectivity index (χ3n) is 4.88. The van der Waals surface area contributed by atoms with Crippen LogP contribution in [0.5, 0.6) is 0 Å². The lowest BCUT2D eigenvalue weighted by Gasteiger charge is -2.41. The van der Waals surface area contributed by atoms with E-state index in [0.29, 0.717) is 0 Å². The smallest absolute Gasteiger partial charge is 0.344 e. The first-order valence-electron chi connectivity index (χ1n) is 8.51. The van der Waals surface area contributed by atoms with Crippen molar-refractivity contribution < 1.29 is 28.4 Å². The van der Waals surface area contributed by atoms with E-state index in [2.05, 4.69) is 0 Å². The molecule has 2 atom stereocenters. The minimum absolute atomic E-state index is 0.207. The fraction of sp³-hybridized carbons (Fsp3) is 0.444. The number of amides is 1. The maximum atomic E-state index is 15.0. The summed E-state index contributed by atoms with van der Waals surface area (Å²) in [5.74, 6) is -2.15. The number of nitrogens with zero attached hydrogens (tertiary/aromatic N) is 1. The van der Waals surface area contributed by atoms with Gasteiger partial charge in [-0.25, -0.2) is 9.87 Å². The molecule has 0 spiro atoms. The Labute approximate surface area is 166 Å². The minimum atomic E-state index is -1.84. The fourth-order valence-electron chi connectivity index (χ4n) is 3.58. The SMILES string of the molecule is COC1([n+]2ccccc2)C(Cl)=C(F)C(C(=O)NO)=CC1(Cl)OC1CCCC1. The van der Waals surface area contributed by atoms with Crippen LogP contribution in [0.2, 0.25) is 0 Å². The van der Waals surface area contributed by atoms with Crippen LogP contribution in [-0.4, -0.2) is 29.4 Å². The Bertz CT molecular complexity index is 783. The summed E-state index contributed by atoms with van der Waals surface area (Å²) in [4.78, 5) is 12.0. The van der Waals surface area contributed by atoms with Gasteiger partial charge in [0.15, 0.2) is 23.3 Å². The highest BCUT2D eigenvalue weighted by Crippen LogP contribution is 2.50. The lowest BCUT2D eigenvalue weighted by Crippen LogP contribution is -2.70. The Kier molecular flexibility index (Phi) is 5.88. The molecule has 1 saturated carbocycles. The lowest BCUT2D eigenvalue weighted by molar-refractivity contribution is -0.807. The maximum absolute atomic E-state index is 15.0. The highest BCUT2D eigenvalue weighted by atomic mass is 35.5. The van der Waals surface area contributed by atoms with Crippen molar-refractivity contribution in [3.8, 4) is 0 Å². The van der Waals surface area contributed by atoms with Crippen LogP contribution in [0.25, 0.3) is 0 Å². The molecule has 0 saturated heterocycles. The van der Waals surface area contributed by atoms with E-state index in [1.54, 1.807) is 30.6 Å². The summed E-state index contributed by atoms with van der Waals surface area (Å²) in [6.07, 6.45) is 7.60. The molecule has 1 aromatic heterocycles. The van der Waals surface area contributed by atoms with Crippen molar-refractivity contribution in [3.63, 3.8) is 0 Å². The lowest BCUT2D eigenvalue weighted by atomic mass is 9.92. The maximum Gasteiger partial charge on any atom is 0.360 e. The van der Waals surface area contributed by atoms with Gasteiger partial charge >= 0.3 is 5.72 Å². The molecule has 146 valence electrons. The molecule has 1 aromatic rings. The number of carbonyl (C=O) groups excluding carboxylic acids is 1. The highest BCUT2D eigenvalue weighted by molar-refractivity contribution is 6.34. The van der Waals surface area contributed by atoms with Gasteiger partial charge in [-0.05, 0) is 18.9 Å². The molecule has 6 nitrogen and oxygen atoms in total. The summed E-state index contributed by atoms with van der Waals surface area (Å²) >= 11 is 13.3. The standard InChI is InChI=1S/C18H19Cl2FN2O4/c1-26-18(23-9-5-2-6-10-23)15(19)14(21)13(16(24)22-25)11-17(18,20)27-12-7-3-4-8-12/h2,5-6,9-12H,3-4,7-8H2,1H3,(H-,22,24,25)/p+1. The van der Waals surface area contributed by atoms with Crippen molar-refractivity contribution >= 4 is 29.1 Å². The van der Waals surface area contributed by atoms with Crippen LogP contribution in [0.1, 0.15) is 25.7 Å². The number of rotatable bonds is 5. The Morgan fingerprint density at radius 3 is 2.52 bits per heavy atom. The molecule has 0 radical (unpaired) electrons. The van der Waals surface area contributed by atoms with Crippen molar-refractivity contribution in [3.05, 3.63) is 53.1 Å². The van der Waals surface area contributed by atoms with Gasteiger partial charge in [0.1, 0.15) is 0 Å². The zero-order valence-electron chi connectivity index (χ0n) is 14.6. The highest BCUT2D eigenvalue weighted by Gasteiger charge is 2.67. The van der Waals surface area contributed by atoms with Crippen LogP contribution >= 0.6 is 23.2 Å². The third-order valence-corrected chi connectivity index (χ3v) is 5.76. The van der Waals surface area contributed by atoms with Crippen LogP contribution in [0.15, 0.2) is 53.1 Å². The van der Waals surface area contributed by atoms with E-state index in [-0.39, 0.29) is 6.10 Å². The first-order valence-corrected chi connectivity index (χ1v) is 9.27. The Hall–Kier alpha value is -1.51. The Balaban J connectivity index is 2.21. The number of ether oxygens (including phenoxy) is 2. The summed E-state index contributed by atoms with van der Waals surface area (Å²) in [5.41, 5.74) is -0.916. The van der Waals surface area contributed by atoms with Gasteiger partial charge in [-0.2, -0.15) is 4.57 Å². The quantitative estimate of drug-likeness (QED) is 0.334. The molecule has 2 aliphatic rings. The molecule has 9 heteroatoms. The number of hydrogen-bond donors (Lipinski definition) is 2. The van der Waals surface area contributed by atoms with Crippen molar-refractivity contribution in [1.82, 2.24) is 5.48 Å². The molecule has 2 N–H and O–H groups in total. The van der Waals surface area contributed by atoms with E-state index in [9.17, 15) is 4.79 Å². The van der Waals surface area contributed by atoms with Gasteiger partial charge in [-0.3, -0.25) is 10.0 Å². The number of hydrogen-bond acceptors (Lipinski definition) is 4. The summed E-state index contributed by atoms with van der Waals surface area (Å²) in [6, 6.07) is 5.18. The zero-order chi connectivity index (χ0) is 19.7. The molecule has 2 unspecified atom stereocenters. The molecular formula is C18H20Cl2FN2O4+. The second-order valence-electron chi connectivity index (χ2n) is 6.43. The summed E-state index contributed by atoms with van der Waals surface area (Å²) < 4.78 is 28.3. The summed E-state index contributed by atoms with van der Waals surface area (Å²) in [6.45, 7) is 0. The normalized spacial score (nSPS) is 29.0. The largest absolute Gasteiger partial charge is 0.360 e. The van der Waals surface area contributed by atoms with Crippen molar-refractivity contribution in [2.75, 3.05) is 7.11 Å². The summed E-state index contributed by atoms with van der Waals surface area (Å²) in [5, 5.41) is 6.66. The molecule has 2 aliphatic carbocycles. The van der Waals surface area contributed by atoms with Gasteiger partial charge in [0.25, 0.3) is 11.0 Å². The van der Waals surface area contributed by atoms with Gasteiger partial charge in [-0.1, -0.05) is 42.1 Å². The Morgan fingerprint density at radius 1 is 1.33 bits per heavy atom. The van der Waals surface area contributed by atoms with Gasteiger partial charge < -0.3 is 9.47 Å². The number of nitrogens with one attached hydrogen (secondary N) is 1. The molecule has 27 heavy (non-hydrogen) atoms. The number of halogens is 3. The fourth-order valence-corrected chi connectivity index (χ4v) is 4.55. The summed E-state index contributed by atoms with van der Waals surface area (Å²) in [7, 11) is 1.33. The molecule has 0 aromatic carbocycles. The predicted octanol–water partition coefficient (Wildman–Crippen LogP) is 3.03. The van der Waals surface area contributed by atoms with Gasteiger partial charge in [0.05, 0.1) is 11.7 Å². The molecule has 0 bridgehead atoms. The second-order valence-corrected chi connectivity index (χ2v) is 7.37. The van der Waals surface area contributed by atoms with Crippen molar-refractivity contribution in [2.45, 2.75) is 42.6 Å². The zero-order valence-corrected chi connectivity index (χ0v) is 16.1. The number of aromatic nitrogens is 1. The van der Waals surface area contributed by atoms with Crippen LogP contribution in [0.4, 0.5) is 4.39 Å². The molecular weight excluding hydrogens is 398 g/mol. The average molecular weight is 418 g/mol. The first kappa shape index (κ1) is 20.2. The minimum Gasteiger partial charge on any atom is -0.344 e. The number of hydroxylamine groups is 1. The number of alkyl halides is 1. The topological polar surface area (TPSA) is 71.7 Å². The molecule has 3 rings (SSSR count). The van der Waals surface area contributed by atoms with Gasteiger partial charge in [0.2, 0.25) is 0 Å². The molecule has 1 heterocycles. The second kappa shape index (κ2) is 7.85. The van der Waals surface area contributed by atoms with E-state index in [4.69, 9.17) is 37.9 Å². The third kappa shape index (κ3) is 3.28. The van der Waals surface area contributed by atoms with Crippen LogP contribution in [0.3, 0.4) is 0 Å². The van der Waals surface area contributed by atoms with E-state index in [0.717, 1.165) is 31.8 Å². The molecule has 1 amide bonds. The van der Waals surface area contributed by atoms with Gasteiger partial charge in [0, 0.05) is 19.2 Å². The van der Waals surface area contributed by atoms with E-state index in [1.165, 1.54) is 17.2 Å². The monoisotopic (exact) mass is 417 g/mol. The average Bonchev–Trinajstić information content (AvgIpc) is 3.18. The first-order chi connectivity index (χ1) is 12.9. The van der Waals surface area contributed by atoms with E-state index >= 15 is 4.39 Å². The van der Waals surface area contributed by atoms with Gasteiger partial charge in [-0.15, -0.1) is 0 Å². The van der Waals surface area contributed by atoms with E-state index in [1.807, 2.05) is 0 Å². The Morgan fingerprint density at radius 2 is 1.96 bits per heavy atom. The molecule has 1 fully saturated rings. The van der Waals surface area contributed by atoms with Crippen LogP contribution in [-0.2, 0) is 20.0 Å². The van der Waals surface area contributed by atoms with Crippen LogP contribution < -0.4 is 10.0 Å².